The number of nitrogens with one attached hydrogen (secondary N) is 1. The predicted octanol–water partition coefficient (Wildman–Crippen LogP) is 3.52. The smallest absolute Gasteiger partial charge is 0.253 e. The van der Waals surface area contributed by atoms with Crippen LogP contribution in [0.25, 0.3) is 11.2 Å². The lowest BCUT2D eigenvalue weighted by atomic mass is 10.2. The highest BCUT2D eigenvalue weighted by Gasteiger charge is 2.13. The van der Waals surface area contributed by atoms with Crippen molar-refractivity contribution in [2.45, 2.75) is 39.8 Å². The summed E-state index contributed by atoms with van der Waals surface area (Å²) in [5, 5.41) is 4.09. The molecule has 0 fully saturated rings. The molecule has 4 aromatic heterocycles. The van der Waals surface area contributed by atoms with Gasteiger partial charge in [-0.1, -0.05) is 13.0 Å². The first-order chi connectivity index (χ1) is 14.1. The number of pyridine rings is 2. The molecule has 4 aromatic rings. The minimum Gasteiger partial charge on any atom is -0.347 e. The van der Waals surface area contributed by atoms with Gasteiger partial charge in [0.15, 0.2) is 5.65 Å². The maximum atomic E-state index is 12.6. The molecule has 1 amide bonds. The zero-order valence-electron chi connectivity index (χ0n) is 16.4. The molecule has 0 aromatic carbocycles. The standard InChI is InChI=1S/C21H22N6OS/c1-3-6-19-26-14(2)18(29-19)11-24-21(28)15-9-17-20(23-10-15)27(13-25-17)12-16-7-4-5-8-22-16/h4-5,7-10,13H,3,6,11-12H2,1-2H3,(H,24,28). The summed E-state index contributed by atoms with van der Waals surface area (Å²) in [5.74, 6) is -0.163. The van der Waals surface area contributed by atoms with Crippen LogP contribution in [0.1, 0.15) is 45.0 Å². The summed E-state index contributed by atoms with van der Waals surface area (Å²) >= 11 is 1.66. The SMILES string of the molecule is CCCc1nc(C)c(CNC(=O)c2cnc3c(c2)ncn3Cc2ccccn2)s1. The number of aromatic nitrogens is 5. The van der Waals surface area contributed by atoms with E-state index in [1.54, 1.807) is 36.1 Å². The van der Waals surface area contributed by atoms with Gasteiger partial charge in [0.1, 0.15) is 5.52 Å². The zero-order chi connectivity index (χ0) is 20.2. The molecule has 0 spiro atoms. The summed E-state index contributed by atoms with van der Waals surface area (Å²) in [6.07, 6.45) is 7.12. The second-order valence-electron chi connectivity index (χ2n) is 6.81. The molecule has 4 heterocycles. The van der Waals surface area contributed by atoms with E-state index in [2.05, 4.69) is 32.2 Å². The minimum absolute atomic E-state index is 0.163. The largest absolute Gasteiger partial charge is 0.347 e. The maximum Gasteiger partial charge on any atom is 0.253 e. The van der Waals surface area contributed by atoms with E-state index in [0.717, 1.165) is 39.8 Å². The van der Waals surface area contributed by atoms with Crippen LogP contribution in [0.15, 0.2) is 43.0 Å². The van der Waals surface area contributed by atoms with E-state index in [9.17, 15) is 4.79 Å². The van der Waals surface area contributed by atoms with Crippen molar-refractivity contribution >= 4 is 28.4 Å². The zero-order valence-corrected chi connectivity index (χ0v) is 17.2. The first-order valence-corrected chi connectivity index (χ1v) is 10.4. The van der Waals surface area contributed by atoms with Gasteiger partial charge in [-0.05, 0) is 38.0 Å². The number of carbonyl (C=O) groups is 1. The Morgan fingerprint density at radius 2 is 2.14 bits per heavy atom. The summed E-state index contributed by atoms with van der Waals surface area (Å²) in [4.78, 5) is 31.4. The molecule has 4 rings (SSSR count). The van der Waals surface area contributed by atoms with Crippen molar-refractivity contribution in [1.82, 2.24) is 29.8 Å². The van der Waals surface area contributed by atoms with Gasteiger partial charge in [-0.15, -0.1) is 11.3 Å². The van der Waals surface area contributed by atoms with Crippen molar-refractivity contribution in [3.63, 3.8) is 0 Å². The predicted molar refractivity (Wildman–Crippen MR) is 113 cm³/mol. The third-order valence-corrected chi connectivity index (χ3v) is 5.80. The Labute approximate surface area is 172 Å². The van der Waals surface area contributed by atoms with Gasteiger partial charge in [0.25, 0.3) is 5.91 Å². The maximum absolute atomic E-state index is 12.6. The Kier molecular flexibility index (Phi) is 5.62. The topological polar surface area (TPSA) is 85.6 Å². The molecule has 0 saturated carbocycles. The van der Waals surface area contributed by atoms with Crippen LogP contribution in [-0.2, 0) is 19.5 Å². The summed E-state index contributed by atoms with van der Waals surface area (Å²) in [5.41, 5.74) is 3.83. The van der Waals surface area contributed by atoms with Crippen molar-refractivity contribution in [2.75, 3.05) is 0 Å². The third-order valence-electron chi connectivity index (χ3n) is 4.59. The number of hydrogen-bond acceptors (Lipinski definition) is 6. The molecule has 29 heavy (non-hydrogen) atoms. The van der Waals surface area contributed by atoms with Crippen LogP contribution in [-0.4, -0.2) is 30.4 Å². The second kappa shape index (κ2) is 8.48. The van der Waals surface area contributed by atoms with Crippen molar-refractivity contribution < 1.29 is 4.79 Å². The normalized spacial score (nSPS) is 11.1. The van der Waals surface area contributed by atoms with E-state index in [1.807, 2.05) is 29.7 Å². The molecule has 0 aliphatic rings. The van der Waals surface area contributed by atoms with Gasteiger partial charge >= 0.3 is 0 Å². The number of carbonyl (C=O) groups excluding carboxylic acids is 1. The average Bonchev–Trinajstić information content (AvgIpc) is 3.29. The molecule has 0 atom stereocenters. The lowest BCUT2D eigenvalue weighted by Gasteiger charge is -2.05. The minimum atomic E-state index is -0.163. The van der Waals surface area contributed by atoms with Gasteiger partial charge in [0.2, 0.25) is 0 Å². The van der Waals surface area contributed by atoms with Gasteiger partial charge in [-0.2, -0.15) is 0 Å². The average molecular weight is 407 g/mol. The fraction of sp³-hybridized carbons (Fsp3) is 0.286. The Morgan fingerprint density at radius 3 is 2.93 bits per heavy atom. The van der Waals surface area contributed by atoms with E-state index < -0.39 is 0 Å². The summed E-state index contributed by atoms with van der Waals surface area (Å²) in [7, 11) is 0. The molecule has 8 heteroatoms. The molecular weight excluding hydrogens is 384 g/mol. The second-order valence-corrected chi connectivity index (χ2v) is 7.98. The Morgan fingerprint density at radius 1 is 1.24 bits per heavy atom. The molecule has 0 unspecified atom stereocenters. The molecular formula is C21H22N6OS. The number of amides is 1. The van der Waals surface area contributed by atoms with Gasteiger partial charge in [-0.25, -0.2) is 15.0 Å². The van der Waals surface area contributed by atoms with Crippen molar-refractivity contribution in [3.8, 4) is 0 Å². The van der Waals surface area contributed by atoms with Crippen molar-refractivity contribution in [1.29, 1.82) is 0 Å². The lowest BCUT2D eigenvalue weighted by Crippen LogP contribution is -2.22. The molecule has 1 N–H and O–H groups in total. The Balaban J connectivity index is 1.46. The lowest BCUT2D eigenvalue weighted by molar-refractivity contribution is 0.0951. The number of hydrogen-bond donors (Lipinski definition) is 1. The van der Waals surface area contributed by atoms with Gasteiger partial charge in [-0.3, -0.25) is 9.78 Å². The monoisotopic (exact) mass is 406 g/mol. The van der Waals surface area contributed by atoms with Gasteiger partial charge < -0.3 is 9.88 Å². The fourth-order valence-electron chi connectivity index (χ4n) is 3.09. The first kappa shape index (κ1) is 19.2. The first-order valence-electron chi connectivity index (χ1n) is 9.58. The quantitative estimate of drug-likeness (QED) is 0.507. The van der Waals surface area contributed by atoms with Crippen LogP contribution in [0.4, 0.5) is 0 Å². The Hall–Kier alpha value is -3.13. The number of nitrogens with zero attached hydrogens (tertiary/aromatic N) is 5. The van der Waals surface area contributed by atoms with Crippen LogP contribution in [0.2, 0.25) is 0 Å². The molecule has 0 radical (unpaired) electrons. The molecule has 7 nitrogen and oxygen atoms in total. The van der Waals surface area contributed by atoms with Crippen molar-refractivity contribution in [3.05, 3.63) is 69.8 Å². The fourth-order valence-corrected chi connectivity index (χ4v) is 4.20. The van der Waals surface area contributed by atoms with Crippen LogP contribution in [0.3, 0.4) is 0 Å². The van der Waals surface area contributed by atoms with Crippen LogP contribution in [0.5, 0.6) is 0 Å². The van der Waals surface area contributed by atoms with Gasteiger partial charge in [0.05, 0.1) is 41.4 Å². The summed E-state index contributed by atoms with van der Waals surface area (Å²) < 4.78 is 1.93. The number of thiazole rings is 1. The highest BCUT2D eigenvalue weighted by molar-refractivity contribution is 7.11. The van der Waals surface area contributed by atoms with E-state index in [4.69, 9.17) is 0 Å². The van der Waals surface area contributed by atoms with E-state index >= 15 is 0 Å². The molecule has 0 bridgehead atoms. The third kappa shape index (κ3) is 4.32. The van der Waals surface area contributed by atoms with E-state index in [0.29, 0.717) is 24.2 Å². The highest BCUT2D eigenvalue weighted by atomic mass is 32.1. The van der Waals surface area contributed by atoms with Crippen LogP contribution >= 0.6 is 11.3 Å². The number of fused-ring (bicyclic) bond motifs is 1. The highest BCUT2D eigenvalue weighted by Crippen LogP contribution is 2.19. The number of rotatable bonds is 7. The Bertz CT molecular complexity index is 1130. The van der Waals surface area contributed by atoms with E-state index in [-0.39, 0.29) is 5.91 Å². The van der Waals surface area contributed by atoms with Crippen LogP contribution in [0, 0.1) is 6.92 Å². The summed E-state index contributed by atoms with van der Waals surface area (Å²) in [6.45, 7) is 5.18. The van der Waals surface area contributed by atoms with Crippen molar-refractivity contribution in [2.24, 2.45) is 0 Å². The van der Waals surface area contributed by atoms with E-state index in [1.165, 1.54) is 0 Å². The molecule has 148 valence electrons. The van der Waals surface area contributed by atoms with Crippen LogP contribution < -0.4 is 5.32 Å². The molecule has 0 saturated heterocycles. The molecule has 0 aliphatic carbocycles. The number of imidazole rings is 1. The van der Waals surface area contributed by atoms with Gasteiger partial charge in [0, 0.05) is 17.3 Å². The molecule has 0 aliphatic heterocycles. The summed E-state index contributed by atoms with van der Waals surface area (Å²) in [6, 6.07) is 7.57. The number of aryl methyl sites for hydroxylation is 2.